The second-order valence-electron chi connectivity index (χ2n) is 5.45. The lowest BCUT2D eigenvalue weighted by Gasteiger charge is -2.09. The molecule has 1 aromatic heterocycles. The molecule has 0 radical (unpaired) electrons. The van der Waals surface area contributed by atoms with E-state index < -0.39 is 17.8 Å². The Morgan fingerprint density at radius 2 is 1.84 bits per heavy atom. The van der Waals surface area contributed by atoms with Gasteiger partial charge in [0.25, 0.3) is 5.91 Å². The van der Waals surface area contributed by atoms with E-state index in [4.69, 9.17) is 0 Å². The Balaban J connectivity index is 2.27. The summed E-state index contributed by atoms with van der Waals surface area (Å²) < 4.78 is 18.1. The number of ketones is 1. The number of halogens is 1. The van der Waals surface area contributed by atoms with Crippen LogP contribution >= 0.6 is 0 Å². The molecule has 0 aliphatic heterocycles. The number of ether oxygens (including phenoxy) is 1. The Hall–Kier alpha value is -3.16. The topological polar surface area (TPSA) is 100 Å². The fourth-order valence-electron chi connectivity index (χ4n) is 2.56. The minimum Gasteiger partial charge on any atom is -0.453 e. The Labute approximate surface area is 143 Å². The maximum absolute atomic E-state index is 13.7. The van der Waals surface area contributed by atoms with Gasteiger partial charge >= 0.3 is 6.09 Å². The largest absolute Gasteiger partial charge is 0.453 e. The molecule has 0 atom stereocenters. The van der Waals surface area contributed by atoms with Crippen molar-refractivity contribution in [3.8, 4) is 0 Å². The van der Waals surface area contributed by atoms with Gasteiger partial charge in [0.05, 0.1) is 12.8 Å². The first-order valence-electron chi connectivity index (χ1n) is 7.40. The molecule has 0 bridgehead atoms. The highest BCUT2D eigenvalue weighted by molar-refractivity contribution is 6.07. The van der Waals surface area contributed by atoms with Crippen molar-refractivity contribution < 1.29 is 23.5 Å². The van der Waals surface area contributed by atoms with E-state index in [1.165, 1.54) is 19.1 Å². The number of methoxy groups -OCH3 is 1. The van der Waals surface area contributed by atoms with Crippen LogP contribution in [0.1, 0.15) is 39.0 Å². The molecule has 1 heterocycles. The van der Waals surface area contributed by atoms with Gasteiger partial charge in [0.15, 0.2) is 5.78 Å². The number of H-pyrrole nitrogens is 1. The van der Waals surface area contributed by atoms with Crippen LogP contribution in [0.3, 0.4) is 0 Å². The van der Waals surface area contributed by atoms with Crippen LogP contribution in [-0.4, -0.2) is 29.9 Å². The molecule has 1 aromatic carbocycles. The third kappa shape index (κ3) is 3.85. The van der Waals surface area contributed by atoms with Gasteiger partial charge in [0, 0.05) is 16.9 Å². The van der Waals surface area contributed by atoms with E-state index in [1.54, 1.807) is 13.8 Å². The van der Waals surface area contributed by atoms with Crippen LogP contribution in [0.2, 0.25) is 0 Å². The van der Waals surface area contributed by atoms with Gasteiger partial charge in [-0.3, -0.25) is 14.9 Å². The number of aromatic nitrogens is 1. The molecule has 25 heavy (non-hydrogen) atoms. The Kier molecular flexibility index (Phi) is 5.21. The molecule has 0 unspecified atom stereocenters. The van der Waals surface area contributed by atoms with Crippen LogP contribution in [0, 0.1) is 19.7 Å². The molecule has 2 rings (SSSR count). The molecule has 132 valence electrons. The van der Waals surface area contributed by atoms with Crippen molar-refractivity contribution in [2.24, 2.45) is 0 Å². The molecule has 0 spiro atoms. The quantitative estimate of drug-likeness (QED) is 0.738. The van der Waals surface area contributed by atoms with Gasteiger partial charge in [-0.2, -0.15) is 0 Å². The van der Waals surface area contributed by atoms with Crippen molar-refractivity contribution in [2.75, 3.05) is 17.7 Å². The predicted octanol–water partition coefficient (Wildman–Crippen LogP) is 3.40. The number of aromatic amines is 1. The predicted molar refractivity (Wildman–Crippen MR) is 90.7 cm³/mol. The summed E-state index contributed by atoms with van der Waals surface area (Å²) in [5, 5.41) is 4.81. The van der Waals surface area contributed by atoms with E-state index in [2.05, 4.69) is 20.4 Å². The molecule has 3 N–H and O–H groups in total. The van der Waals surface area contributed by atoms with Crippen LogP contribution in [0.4, 0.5) is 20.6 Å². The zero-order valence-corrected chi connectivity index (χ0v) is 14.2. The fraction of sp³-hybridized carbons (Fsp3) is 0.235. The number of nitrogens with one attached hydrogen (secondary N) is 3. The monoisotopic (exact) mass is 347 g/mol. The number of Topliss-reactive ketones (excluding diaryl/α,β-unsaturated/α-hetero) is 1. The molecule has 0 saturated carbocycles. The summed E-state index contributed by atoms with van der Waals surface area (Å²) >= 11 is 0. The Bertz CT molecular complexity index is 858. The van der Waals surface area contributed by atoms with E-state index in [0.717, 1.165) is 13.2 Å². The number of hydrogen-bond acceptors (Lipinski definition) is 4. The van der Waals surface area contributed by atoms with Crippen molar-refractivity contribution in [2.45, 2.75) is 20.8 Å². The molecule has 2 amide bonds. The first-order chi connectivity index (χ1) is 11.7. The number of hydrogen-bond donors (Lipinski definition) is 3. The maximum atomic E-state index is 13.7. The average Bonchev–Trinajstić information content (AvgIpc) is 2.85. The summed E-state index contributed by atoms with van der Waals surface area (Å²) in [6.45, 7) is 4.80. The number of carbonyl (C=O) groups is 3. The van der Waals surface area contributed by atoms with E-state index in [-0.39, 0.29) is 22.9 Å². The van der Waals surface area contributed by atoms with Crippen LogP contribution in [-0.2, 0) is 4.74 Å². The van der Waals surface area contributed by atoms with Gasteiger partial charge in [0.1, 0.15) is 11.5 Å². The number of amides is 2. The highest BCUT2D eigenvalue weighted by atomic mass is 19.1. The summed E-state index contributed by atoms with van der Waals surface area (Å²) in [6.07, 6.45) is -0.829. The fourth-order valence-corrected chi connectivity index (χ4v) is 2.56. The first kappa shape index (κ1) is 18.2. The lowest BCUT2D eigenvalue weighted by Crippen LogP contribution is -2.15. The normalized spacial score (nSPS) is 10.3. The van der Waals surface area contributed by atoms with Gasteiger partial charge in [-0.25, -0.2) is 9.18 Å². The lowest BCUT2D eigenvalue weighted by molar-refractivity contribution is 0.101. The zero-order chi connectivity index (χ0) is 18.7. The van der Waals surface area contributed by atoms with Gasteiger partial charge < -0.3 is 15.0 Å². The van der Waals surface area contributed by atoms with Crippen molar-refractivity contribution >= 4 is 29.2 Å². The van der Waals surface area contributed by atoms with E-state index in [9.17, 15) is 18.8 Å². The van der Waals surface area contributed by atoms with Crippen LogP contribution in [0.15, 0.2) is 18.2 Å². The molecule has 0 saturated heterocycles. The van der Waals surface area contributed by atoms with Crippen LogP contribution < -0.4 is 10.6 Å². The number of carbonyl (C=O) groups excluding carboxylic acids is 3. The molecule has 2 aromatic rings. The Morgan fingerprint density at radius 3 is 2.40 bits per heavy atom. The van der Waals surface area contributed by atoms with Crippen LogP contribution in [0.25, 0.3) is 0 Å². The summed E-state index contributed by atoms with van der Waals surface area (Å²) in [4.78, 5) is 38.2. The third-order valence-corrected chi connectivity index (χ3v) is 3.66. The maximum Gasteiger partial charge on any atom is 0.411 e. The van der Waals surface area contributed by atoms with E-state index in [1.807, 2.05) is 0 Å². The highest BCUT2D eigenvalue weighted by Crippen LogP contribution is 2.22. The second kappa shape index (κ2) is 7.16. The number of aryl methyl sites for hydroxylation is 1. The molecule has 0 aliphatic rings. The molecule has 7 nitrogen and oxygen atoms in total. The van der Waals surface area contributed by atoms with Gasteiger partial charge in [-0.05, 0) is 44.5 Å². The number of benzene rings is 1. The third-order valence-electron chi connectivity index (χ3n) is 3.66. The zero-order valence-electron chi connectivity index (χ0n) is 14.2. The van der Waals surface area contributed by atoms with Crippen molar-refractivity contribution in [3.05, 3.63) is 46.5 Å². The highest BCUT2D eigenvalue weighted by Gasteiger charge is 2.20. The molecule has 0 fully saturated rings. The molecule has 8 heteroatoms. The van der Waals surface area contributed by atoms with Crippen molar-refractivity contribution in [3.63, 3.8) is 0 Å². The minimum absolute atomic E-state index is 0.131. The SMILES string of the molecule is COC(=O)Nc1cc(NC(=O)c2[nH]c(C)c(C(C)=O)c2C)ccc1F. The smallest absolute Gasteiger partial charge is 0.411 e. The number of rotatable bonds is 4. The molecule has 0 aliphatic carbocycles. The Morgan fingerprint density at radius 1 is 1.16 bits per heavy atom. The first-order valence-corrected chi connectivity index (χ1v) is 7.40. The second-order valence-corrected chi connectivity index (χ2v) is 5.45. The molecular formula is C17H18FN3O4. The average molecular weight is 347 g/mol. The van der Waals surface area contributed by atoms with Gasteiger partial charge in [-0.1, -0.05) is 0 Å². The van der Waals surface area contributed by atoms with Crippen molar-refractivity contribution in [1.29, 1.82) is 0 Å². The molecular weight excluding hydrogens is 329 g/mol. The van der Waals surface area contributed by atoms with Crippen molar-refractivity contribution in [1.82, 2.24) is 4.98 Å². The summed E-state index contributed by atoms with van der Waals surface area (Å²) in [5.41, 5.74) is 1.99. The van der Waals surface area contributed by atoms with Gasteiger partial charge in [-0.15, -0.1) is 0 Å². The summed E-state index contributed by atoms with van der Waals surface area (Å²) in [6, 6.07) is 3.72. The standard InChI is InChI=1S/C17H18FN3O4/c1-8-14(10(3)22)9(2)19-15(8)16(23)20-11-5-6-12(18)13(7-11)21-17(24)25-4/h5-7,19H,1-4H3,(H,20,23)(H,21,24). The minimum atomic E-state index is -0.829. The van der Waals surface area contributed by atoms with Gasteiger partial charge in [0.2, 0.25) is 0 Å². The number of anilines is 2. The summed E-state index contributed by atoms with van der Waals surface area (Å²) in [5.74, 6) is -1.30. The lowest BCUT2D eigenvalue weighted by atomic mass is 10.1. The van der Waals surface area contributed by atoms with E-state index in [0.29, 0.717) is 16.8 Å². The van der Waals surface area contributed by atoms with E-state index >= 15 is 0 Å². The van der Waals surface area contributed by atoms with Crippen LogP contribution in [0.5, 0.6) is 0 Å². The summed E-state index contributed by atoms with van der Waals surface area (Å²) in [7, 11) is 1.15.